The number of carboxylic acids is 2. The molecule has 0 spiro atoms. The second-order valence-electron chi connectivity index (χ2n) is 32.3. The second-order valence-corrected chi connectivity index (χ2v) is 32.3. The van der Waals surface area contributed by atoms with Gasteiger partial charge in [-0.25, -0.2) is 43.4 Å². The minimum absolute atomic E-state index is 0.00112. The fraction of sp³-hybridized carbons (Fsp3) is 0.506. The van der Waals surface area contributed by atoms with Gasteiger partial charge in [0, 0.05) is 73.7 Å². The Bertz CT molecular complexity index is 4760. The third-order valence-corrected chi connectivity index (χ3v) is 22.1. The third kappa shape index (κ3) is 29.8. The molecule has 2 aliphatic carbocycles. The minimum Gasteiger partial charge on any atom is -0.492 e. The summed E-state index contributed by atoms with van der Waals surface area (Å²) in [5, 5.41) is 74.7. The van der Waals surface area contributed by atoms with Gasteiger partial charge in [0.05, 0.1) is 60.8 Å². The quantitative estimate of drug-likeness (QED) is 0.00590. The maximum absolute atomic E-state index is 14.1. The molecule has 37 heteroatoms. The minimum atomic E-state index is -1.47. The molecule has 37 nitrogen and oxygen atoms in total. The van der Waals surface area contributed by atoms with Crippen LogP contribution in [0.5, 0.6) is 5.88 Å². The highest BCUT2D eigenvalue weighted by Gasteiger charge is 2.51. The first-order valence-corrected chi connectivity index (χ1v) is 42.0. The number of nitrogens with one attached hydrogen (secondary N) is 9. The Hall–Kier alpha value is -12.7. The lowest BCUT2D eigenvalue weighted by Gasteiger charge is -2.39. The lowest BCUT2D eigenvalue weighted by atomic mass is 9.87. The summed E-state index contributed by atoms with van der Waals surface area (Å²) in [4.78, 5) is 158. The number of alkyl carbamates (subject to hydrolysis) is 2. The van der Waals surface area contributed by atoms with Gasteiger partial charge in [-0.05, 0) is 176 Å². The zero-order chi connectivity index (χ0) is 89.7. The number of allylic oxidation sites excluding steroid dienone is 7. The highest BCUT2D eigenvalue weighted by molar-refractivity contribution is 5.98. The number of amides is 9. The molecule has 2 fully saturated rings. The van der Waals surface area contributed by atoms with Crippen molar-refractivity contribution in [2.75, 3.05) is 29.5 Å². The molecule has 124 heavy (non-hydrogen) atoms. The predicted octanol–water partition coefficient (Wildman–Crippen LogP) is 7.50. The number of aliphatic hydroxyl groups excluding tert-OH is 1. The summed E-state index contributed by atoms with van der Waals surface area (Å²) in [6, 6.07) is 6.01. The lowest BCUT2D eigenvalue weighted by molar-refractivity contribution is -0.143. The van der Waals surface area contributed by atoms with Gasteiger partial charge in [0.15, 0.2) is 11.2 Å². The number of aromatic nitrogens is 7. The number of cyclic esters (lactones) is 1. The summed E-state index contributed by atoms with van der Waals surface area (Å²) in [6.45, 7) is 15.6. The Labute approximate surface area is 718 Å². The number of aromatic hydroxyl groups is 1. The number of nitrogens with two attached hydrogens (primary N) is 2. The van der Waals surface area contributed by atoms with Gasteiger partial charge in [0.25, 0.3) is 5.91 Å². The highest BCUT2D eigenvalue weighted by Crippen LogP contribution is 2.53. The van der Waals surface area contributed by atoms with E-state index in [-0.39, 0.29) is 143 Å². The van der Waals surface area contributed by atoms with Crippen LogP contribution < -0.4 is 59.3 Å². The zero-order valence-electron chi connectivity index (χ0n) is 71.0. The van der Waals surface area contributed by atoms with Crippen molar-refractivity contribution in [3.8, 4) is 5.88 Å². The molecule has 3 aromatic heterocycles. The van der Waals surface area contributed by atoms with Gasteiger partial charge in [-0.1, -0.05) is 105 Å². The maximum Gasteiger partial charge on any atom is 0.408 e. The smallest absolute Gasteiger partial charge is 0.408 e. The molecule has 9 rings (SSSR count). The highest BCUT2D eigenvalue weighted by atomic mass is 16.6. The molecule has 5 heterocycles. The van der Waals surface area contributed by atoms with Crippen LogP contribution in [0.3, 0.4) is 0 Å². The molecular weight excluding hydrogens is 1600 g/mol. The van der Waals surface area contributed by atoms with Crippen LogP contribution in [-0.4, -0.2) is 195 Å². The second kappa shape index (κ2) is 46.5. The van der Waals surface area contributed by atoms with Gasteiger partial charge in [-0.15, -0.1) is 5.10 Å². The van der Waals surface area contributed by atoms with Gasteiger partial charge in [0.1, 0.15) is 36.9 Å². The number of fused-ring (bicyclic) bond motifs is 3. The normalized spacial score (nSPS) is 20.6. The van der Waals surface area contributed by atoms with E-state index in [0.29, 0.717) is 53.9 Å². The van der Waals surface area contributed by atoms with E-state index in [1.54, 1.807) is 80.1 Å². The van der Waals surface area contributed by atoms with Crippen molar-refractivity contribution in [1.82, 2.24) is 72.1 Å². The van der Waals surface area contributed by atoms with Gasteiger partial charge in [-0.2, -0.15) is 9.97 Å². The van der Waals surface area contributed by atoms with E-state index < -0.39 is 132 Å². The molecule has 15 atom stereocenters. The van der Waals surface area contributed by atoms with Crippen LogP contribution in [0.25, 0.3) is 11.2 Å². The molecule has 2 aliphatic heterocycles. The van der Waals surface area contributed by atoms with Crippen LogP contribution in [-0.2, 0) is 85.0 Å². The van der Waals surface area contributed by atoms with Crippen LogP contribution >= 0.6 is 0 Å². The van der Waals surface area contributed by atoms with Crippen molar-refractivity contribution < 1.29 is 92.1 Å². The van der Waals surface area contributed by atoms with Crippen LogP contribution in [0.2, 0.25) is 0 Å². The number of aryl methyl sites for hydroxylation is 2. The zero-order valence-corrected chi connectivity index (χ0v) is 71.0. The number of ether oxygens (including phenoxy) is 4. The van der Waals surface area contributed by atoms with E-state index in [2.05, 4.69) is 91.1 Å². The molecule has 668 valence electrons. The molecule has 5 aromatic rings. The molecule has 4 aliphatic rings. The monoisotopic (exact) mass is 1720 g/mol. The Morgan fingerprint density at radius 1 is 0.774 bits per heavy atom. The van der Waals surface area contributed by atoms with E-state index in [1.807, 2.05) is 70.2 Å². The lowest BCUT2D eigenvalue weighted by Crippen LogP contribution is -2.54. The SMILES string of the molecule is C/C=C/C1OC([C@@H](/C=C/C=C(\C)C[C@@H](C)/C=C(C)\C=C\C2CC=CC(=O)O2)NC(=O)OCc2ccc(NC(=O)[C@H](CCCNC(N)=O)NC(=O)[C@@H](NC(=O)OC[C@@H]3[C@@H]4CCc5nnn(CCC[C@H](NC(=O)CCC(NC(=O)CC[C@@H](C)NC(=O)c6ccc(NCc7cnc8nc(N)nc(O)c8n7)cc6)C(=O)O)C(=O)O)c5CC[C@@H]43)C(C)C)cc2)C[C@@H](O)[C@@H]1C. The number of esters is 1. The Balaban J connectivity index is 0.680. The number of primary amides is 1. The van der Waals surface area contributed by atoms with Crippen molar-refractivity contribution in [3.63, 3.8) is 0 Å². The number of hydrogen-bond donors (Lipinski definition) is 15. The largest absolute Gasteiger partial charge is 0.492 e. The molecule has 0 radical (unpaired) electrons. The summed E-state index contributed by atoms with van der Waals surface area (Å²) >= 11 is 0. The van der Waals surface area contributed by atoms with Gasteiger partial charge in [-0.3, -0.25) is 24.0 Å². The number of hydrogen-bond acceptors (Lipinski definition) is 25. The Morgan fingerprint density at radius 2 is 1.46 bits per heavy atom. The van der Waals surface area contributed by atoms with Gasteiger partial charge in [0.2, 0.25) is 35.5 Å². The molecule has 1 saturated heterocycles. The van der Waals surface area contributed by atoms with E-state index >= 15 is 0 Å². The number of benzene rings is 2. The van der Waals surface area contributed by atoms with Gasteiger partial charge < -0.3 is 98.7 Å². The topological polar surface area (TPSA) is 548 Å². The number of carboxylic acid groups (broad SMARTS) is 2. The van der Waals surface area contributed by atoms with Crippen LogP contribution in [0.15, 0.2) is 127 Å². The number of nitrogen functional groups attached to an aromatic ring is 1. The summed E-state index contributed by atoms with van der Waals surface area (Å²) < 4.78 is 25.0. The number of carbonyl (C=O) groups is 11. The summed E-state index contributed by atoms with van der Waals surface area (Å²) in [6.07, 6.45) is 20.5. The molecular formula is C87H116N18O19. The number of aliphatic hydroxyl groups is 1. The number of rotatable bonds is 43. The average Bonchev–Trinajstić information content (AvgIpc) is 1.60. The van der Waals surface area contributed by atoms with Gasteiger partial charge >= 0.3 is 36.1 Å². The fourth-order valence-electron chi connectivity index (χ4n) is 15.2. The first kappa shape index (κ1) is 95.2. The third-order valence-electron chi connectivity index (χ3n) is 22.1. The summed E-state index contributed by atoms with van der Waals surface area (Å²) in [5.41, 5.74) is 17.3. The Kier molecular flexibility index (Phi) is 35.7. The first-order valence-electron chi connectivity index (χ1n) is 42.0. The number of carbonyl (C=O) groups excluding carboxylic acids is 9. The van der Waals surface area contributed by atoms with Crippen LogP contribution in [0, 0.1) is 35.5 Å². The van der Waals surface area contributed by atoms with E-state index in [4.69, 9.17) is 30.4 Å². The van der Waals surface area contributed by atoms with E-state index in [0.717, 1.165) is 35.4 Å². The first-order chi connectivity index (χ1) is 59.2. The van der Waals surface area contributed by atoms with E-state index in [1.165, 1.54) is 12.3 Å². The van der Waals surface area contributed by atoms with Crippen molar-refractivity contribution in [3.05, 3.63) is 155 Å². The summed E-state index contributed by atoms with van der Waals surface area (Å²) in [5.74, 6) is -6.69. The molecule has 9 amide bonds. The number of anilines is 3. The maximum atomic E-state index is 14.1. The number of nitrogens with zero attached hydrogens (tertiary/aromatic N) is 7. The molecule has 2 aromatic carbocycles. The molecule has 1 saturated carbocycles. The molecule has 17 N–H and O–H groups in total. The standard InChI is InChI=1S/C87H116N18O19/c1-9-14-70-53(8)69(106)43-71(124-70)64(17-10-15-49(4)41-51(6)42-50(5)21-31-59-16-11-20-74(109)123-59)99-86(119)121-46-54-23-27-57(28-24-54)95-79(111)65(18-12-39-90-85(89)118)98-80(112)75(48(2)3)100-87(120)122-47-62-60-32-34-63-68(36-33-61(60)62)105(104-103-63)40-13-19-66(82(114)115)96-73(108)38-35-67(83(116)117)97-72(107)37-22-52(7)93-78(110)55-25-29-56(30-26-55)91-44-58-45-92-77-76(94-58)81(113)102-84(88)101-77/h9-11,14-15,17,20-21,23-31,42,45,48,51-53,59-62,64-67,69-71,75,91,106H,12-13,16,18-19,22,32-41,43-44,46-47H2,1-8H3,(H,93,110)(H,95,111)(H,96,108)(H,97,107)(H,98,112)(H,99,119)(H,100,120)(H,114,115)(H,116,117)(H3,89,90,118)(H3,88,92,101,102,113)/b14-9+,17-10+,31-21+,49-15+,50-42-/t51-,52-,53+,59?,60-,61+,62-,64-,65+,66+,67?,69-,70?,71?,75+/m1/s1. The van der Waals surface area contributed by atoms with Crippen molar-refractivity contribution in [1.29, 1.82) is 0 Å². The predicted molar refractivity (Wildman–Crippen MR) is 456 cm³/mol. The van der Waals surface area contributed by atoms with Crippen molar-refractivity contribution >= 4 is 94.1 Å². The van der Waals surface area contributed by atoms with Crippen molar-refractivity contribution in [2.45, 2.75) is 232 Å². The van der Waals surface area contributed by atoms with Crippen molar-refractivity contribution in [2.24, 2.45) is 41.2 Å². The fourth-order valence-corrected chi connectivity index (χ4v) is 15.2. The number of aliphatic carboxylic acids is 2. The Morgan fingerprint density at radius 3 is 2.15 bits per heavy atom. The summed E-state index contributed by atoms with van der Waals surface area (Å²) in [7, 11) is 0. The van der Waals surface area contributed by atoms with Crippen LogP contribution in [0.1, 0.15) is 172 Å². The van der Waals surface area contributed by atoms with Crippen LogP contribution in [0.4, 0.5) is 31.7 Å². The molecule has 4 unspecified atom stereocenters. The molecule has 0 bridgehead atoms. The van der Waals surface area contributed by atoms with E-state index in [9.17, 15) is 73.2 Å². The average molecular weight is 1720 g/mol. The number of urea groups is 1.